The van der Waals surface area contributed by atoms with Crippen LogP contribution in [0.1, 0.15) is 56.7 Å². The van der Waals surface area contributed by atoms with Gasteiger partial charge in [-0.1, -0.05) is 41.9 Å². The van der Waals surface area contributed by atoms with Gasteiger partial charge in [-0.05, 0) is 42.2 Å². The molecule has 9 nitrogen and oxygen atoms in total. The molecule has 3 aromatic rings. The van der Waals surface area contributed by atoms with Crippen molar-refractivity contribution < 1.29 is 29.0 Å². The Labute approximate surface area is 212 Å². The van der Waals surface area contributed by atoms with Crippen LogP contribution < -0.4 is 5.32 Å². The van der Waals surface area contributed by atoms with Crippen LogP contribution >= 0.6 is 11.6 Å². The number of amides is 2. The monoisotopic (exact) mass is 511 g/mol. The highest BCUT2D eigenvalue weighted by Crippen LogP contribution is 2.33. The van der Waals surface area contributed by atoms with Crippen molar-refractivity contribution in [1.29, 1.82) is 0 Å². The third-order valence-corrected chi connectivity index (χ3v) is 6.30. The molecule has 1 aliphatic rings. The number of benzene rings is 2. The molecule has 0 spiro atoms. The van der Waals surface area contributed by atoms with Crippen molar-refractivity contribution in [1.82, 2.24) is 15.2 Å². The molecular weight excluding hydrogens is 486 g/mol. The number of nitrogens with one attached hydrogen (secondary N) is 1. The Bertz CT molecular complexity index is 1240. The number of nitrogens with zero attached hydrogens (tertiary/aromatic N) is 2. The van der Waals surface area contributed by atoms with Crippen molar-refractivity contribution in [3.8, 4) is 0 Å². The van der Waals surface area contributed by atoms with Crippen molar-refractivity contribution in [3.05, 3.63) is 88.1 Å². The summed E-state index contributed by atoms with van der Waals surface area (Å²) in [7, 11) is 0. The molecule has 0 bridgehead atoms. The van der Waals surface area contributed by atoms with Crippen molar-refractivity contribution in [2.75, 3.05) is 13.1 Å². The molecule has 4 rings (SSSR count). The van der Waals surface area contributed by atoms with Gasteiger partial charge in [-0.25, -0.2) is 4.98 Å². The van der Waals surface area contributed by atoms with Gasteiger partial charge < -0.3 is 24.8 Å². The Kier molecular flexibility index (Phi) is 8.02. The number of aliphatic carboxylic acids is 1. The van der Waals surface area contributed by atoms with E-state index >= 15 is 0 Å². The first-order valence-corrected chi connectivity index (χ1v) is 12.0. The van der Waals surface area contributed by atoms with Crippen LogP contribution in [0.3, 0.4) is 0 Å². The predicted molar refractivity (Wildman–Crippen MR) is 131 cm³/mol. The number of carbonyl (C=O) groups is 3. The Morgan fingerprint density at radius 3 is 2.61 bits per heavy atom. The second kappa shape index (κ2) is 11.4. The van der Waals surface area contributed by atoms with Crippen molar-refractivity contribution in [2.24, 2.45) is 0 Å². The van der Waals surface area contributed by atoms with Gasteiger partial charge in [-0.2, -0.15) is 0 Å². The summed E-state index contributed by atoms with van der Waals surface area (Å²) in [6.07, 6.45) is 1.38. The average molecular weight is 512 g/mol. The van der Waals surface area contributed by atoms with Crippen LogP contribution in [-0.4, -0.2) is 57.1 Å². The summed E-state index contributed by atoms with van der Waals surface area (Å²) in [4.78, 5) is 42.7. The number of carboxylic acid groups (broad SMARTS) is 1. The number of hydrogen-bond acceptors (Lipinski definition) is 6. The molecule has 1 aromatic heterocycles. The summed E-state index contributed by atoms with van der Waals surface area (Å²) >= 11 is 5.89. The molecule has 36 heavy (non-hydrogen) atoms. The lowest BCUT2D eigenvalue weighted by atomic mass is 10.0. The fourth-order valence-electron chi connectivity index (χ4n) is 4.22. The normalized spacial score (nSPS) is 17.2. The Balaban J connectivity index is 1.43. The molecular formula is C26H26ClN3O6. The van der Waals surface area contributed by atoms with E-state index in [1.807, 2.05) is 12.1 Å². The summed E-state index contributed by atoms with van der Waals surface area (Å²) in [5, 5.41) is 22.8. The van der Waals surface area contributed by atoms with E-state index in [-0.39, 0.29) is 43.3 Å². The number of likely N-dealkylation sites (tertiary alicyclic amines) is 1. The van der Waals surface area contributed by atoms with Crippen molar-refractivity contribution in [2.45, 2.75) is 37.8 Å². The van der Waals surface area contributed by atoms with Gasteiger partial charge in [0, 0.05) is 36.5 Å². The van der Waals surface area contributed by atoms with E-state index in [4.69, 9.17) is 21.1 Å². The lowest BCUT2D eigenvalue weighted by molar-refractivity contribution is -0.136. The molecule has 1 saturated heterocycles. The standard InChI is InChI=1S/C26H26ClN3O6/c27-18-8-5-16(6-9-18)11-12-28-24(34)21-15-36-25(29-21)22-13-19(31)14-30(22)26(35)20-4-2-1-3-17(20)7-10-23(32)33/h1-6,8-9,15,19,22,31H,7,10-14H2,(H,28,34)(H,32,33). The van der Waals surface area contributed by atoms with Crippen LogP contribution in [-0.2, 0) is 17.6 Å². The summed E-state index contributed by atoms with van der Waals surface area (Å²) in [6, 6.07) is 13.5. The summed E-state index contributed by atoms with van der Waals surface area (Å²) in [5.41, 5.74) is 2.08. The quantitative estimate of drug-likeness (QED) is 0.401. The van der Waals surface area contributed by atoms with Crippen LogP contribution in [0.15, 0.2) is 59.2 Å². The summed E-state index contributed by atoms with van der Waals surface area (Å²) in [5.74, 6) is -1.56. The van der Waals surface area contributed by atoms with Crippen LogP contribution in [0.5, 0.6) is 0 Å². The third-order valence-electron chi connectivity index (χ3n) is 6.05. The number of carboxylic acids is 1. The highest BCUT2D eigenvalue weighted by molar-refractivity contribution is 6.30. The maximum atomic E-state index is 13.4. The molecule has 0 radical (unpaired) electrons. The maximum absolute atomic E-state index is 13.4. The van der Waals surface area contributed by atoms with E-state index in [2.05, 4.69) is 10.3 Å². The van der Waals surface area contributed by atoms with E-state index in [1.165, 1.54) is 11.2 Å². The van der Waals surface area contributed by atoms with Crippen LogP contribution in [0.2, 0.25) is 5.02 Å². The molecule has 1 fully saturated rings. The van der Waals surface area contributed by atoms with Crippen LogP contribution in [0.4, 0.5) is 0 Å². The van der Waals surface area contributed by atoms with Gasteiger partial charge in [0.15, 0.2) is 5.69 Å². The minimum Gasteiger partial charge on any atom is -0.481 e. The van der Waals surface area contributed by atoms with E-state index in [0.717, 1.165) is 5.56 Å². The van der Waals surface area contributed by atoms with Gasteiger partial charge >= 0.3 is 5.97 Å². The minimum atomic E-state index is -0.953. The second-order valence-corrected chi connectivity index (χ2v) is 9.05. The van der Waals surface area contributed by atoms with E-state index in [0.29, 0.717) is 29.1 Å². The first-order chi connectivity index (χ1) is 17.3. The molecule has 0 aliphatic carbocycles. The number of hydrogen-bond donors (Lipinski definition) is 3. The fourth-order valence-corrected chi connectivity index (χ4v) is 4.35. The molecule has 188 valence electrons. The molecule has 0 saturated carbocycles. The second-order valence-electron chi connectivity index (χ2n) is 8.62. The highest BCUT2D eigenvalue weighted by atomic mass is 35.5. The SMILES string of the molecule is O=C(O)CCc1ccccc1C(=O)N1CC(O)CC1c1nc(C(=O)NCCc2ccc(Cl)cc2)co1. The Morgan fingerprint density at radius 2 is 1.86 bits per heavy atom. The number of β-amino-alcohol motifs (C(OH)–C–C–N with tert-alkyl or cyclic N) is 1. The summed E-state index contributed by atoms with van der Waals surface area (Å²) in [6.45, 7) is 0.463. The predicted octanol–water partition coefficient (Wildman–Crippen LogP) is 3.27. The van der Waals surface area contributed by atoms with Gasteiger partial charge in [0.25, 0.3) is 11.8 Å². The topological polar surface area (TPSA) is 133 Å². The lowest BCUT2D eigenvalue weighted by Crippen LogP contribution is -2.32. The van der Waals surface area contributed by atoms with Gasteiger partial charge in [0.2, 0.25) is 5.89 Å². The average Bonchev–Trinajstić information content (AvgIpc) is 3.50. The number of aryl methyl sites for hydroxylation is 1. The number of aromatic nitrogens is 1. The highest BCUT2D eigenvalue weighted by Gasteiger charge is 2.39. The Hall–Kier alpha value is -3.69. The number of aliphatic hydroxyl groups is 1. The number of aliphatic hydroxyl groups excluding tert-OH is 1. The van der Waals surface area contributed by atoms with Gasteiger partial charge in [-0.15, -0.1) is 0 Å². The number of oxazole rings is 1. The summed E-state index contributed by atoms with van der Waals surface area (Å²) < 4.78 is 5.55. The lowest BCUT2D eigenvalue weighted by Gasteiger charge is -2.23. The molecule has 2 heterocycles. The van der Waals surface area contributed by atoms with Crippen molar-refractivity contribution in [3.63, 3.8) is 0 Å². The van der Waals surface area contributed by atoms with Crippen LogP contribution in [0, 0.1) is 0 Å². The fraction of sp³-hybridized carbons (Fsp3) is 0.308. The first-order valence-electron chi connectivity index (χ1n) is 11.6. The van der Waals surface area contributed by atoms with Crippen molar-refractivity contribution >= 4 is 29.4 Å². The molecule has 1 aliphatic heterocycles. The third kappa shape index (κ3) is 6.10. The smallest absolute Gasteiger partial charge is 0.303 e. The van der Waals surface area contributed by atoms with E-state index < -0.39 is 24.0 Å². The van der Waals surface area contributed by atoms with E-state index in [9.17, 15) is 19.5 Å². The molecule has 2 atom stereocenters. The zero-order chi connectivity index (χ0) is 25.7. The van der Waals surface area contributed by atoms with Gasteiger partial charge in [0.1, 0.15) is 12.3 Å². The molecule has 2 aromatic carbocycles. The minimum absolute atomic E-state index is 0.0712. The zero-order valence-corrected chi connectivity index (χ0v) is 20.1. The number of carbonyl (C=O) groups excluding carboxylic acids is 2. The number of rotatable bonds is 9. The molecule has 3 N–H and O–H groups in total. The molecule has 10 heteroatoms. The maximum Gasteiger partial charge on any atom is 0.303 e. The largest absolute Gasteiger partial charge is 0.481 e. The number of halogens is 1. The molecule has 2 unspecified atom stereocenters. The van der Waals surface area contributed by atoms with Crippen LogP contribution in [0.25, 0.3) is 0 Å². The van der Waals surface area contributed by atoms with Gasteiger partial charge in [-0.3, -0.25) is 14.4 Å². The zero-order valence-electron chi connectivity index (χ0n) is 19.4. The first kappa shape index (κ1) is 25.4. The molecule has 2 amide bonds. The van der Waals surface area contributed by atoms with Gasteiger partial charge in [0.05, 0.1) is 6.10 Å². The Morgan fingerprint density at radius 1 is 1.11 bits per heavy atom. The van der Waals surface area contributed by atoms with E-state index in [1.54, 1.807) is 36.4 Å².